The second-order valence-corrected chi connectivity index (χ2v) is 2.73. The Morgan fingerprint density at radius 2 is 2.36 bits per heavy atom. The first kappa shape index (κ1) is 8.55. The molecule has 0 aliphatic heterocycles. The van der Waals surface area contributed by atoms with Crippen LogP contribution in [0.4, 0.5) is 0 Å². The molecule has 2 aromatic rings. The summed E-state index contributed by atoms with van der Waals surface area (Å²) in [5, 5.41) is 12.1. The monoisotopic (exact) mass is 193 g/mol. The number of aliphatic carboxylic acids is 1. The van der Waals surface area contributed by atoms with Gasteiger partial charge >= 0.3 is 5.97 Å². The molecule has 0 unspecified atom stereocenters. The minimum Gasteiger partial charge on any atom is -0.481 e. The number of aromatic nitrogens is 1. The van der Waals surface area contributed by atoms with Gasteiger partial charge in [-0.3, -0.25) is 4.79 Å². The van der Waals surface area contributed by atoms with Crippen molar-refractivity contribution in [1.29, 1.82) is 0 Å². The first-order valence-corrected chi connectivity index (χ1v) is 3.97. The molecule has 5 heteroatoms. The topological polar surface area (TPSA) is 76.5 Å². The van der Waals surface area contributed by atoms with Gasteiger partial charge in [0.15, 0.2) is 5.76 Å². The van der Waals surface area contributed by atoms with E-state index >= 15 is 0 Å². The molecule has 0 radical (unpaired) electrons. The van der Waals surface area contributed by atoms with Gasteiger partial charge in [-0.15, -0.1) is 0 Å². The predicted octanol–water partition coefficient (Wildman–Crippen LogP) is 1.56. The average molecular weight is 193 g/mol. The highest BCUT2D eigenvalue weighted by molar-refractivity contribution is 5.70. The predicted molar refractivity (Wildman–Crippen MR) is 45.5 cm³/mol. The summed E-state index contributed by atoms with van der Waals surface area (Å²) in [6, 6.07) is 4.98. The molecular formula is C9H7NO4. The second kappa shape index (κ2) is 3.37. The minimum atomic E-state index is -0.940. The van der Waals surface area contributed by atoms with E-state index in [2.05, 4.69) is 5.16 Å². The van der Waals surface area contributed by atoms with E-state index in [0.29, 0.717) is 17.2 Å². The molecule has 2 aromatic heterocycles. The maximum Gasteiger partial charge on any atom is 0.309 e. The van der Waals surface area contributed by atoms with Crippen LogP contribution >= 0.6 is 0 Å². The highest BCUT2D eigenvalue weighted by Crippen LogP contribution is 2.20. The highest BCUT2D eigenvalue weighted by Gasteiger charge is 2.10. The van der Waals surface area contributed by atoms with Crippen LogP contribution in [0, 0.1) is 0 Å². The number of hydrogen-bond donors (Lipinski definition) is 1. The number of furan rings is 1. The number of rotatable bonds is 3. The standard InChI is InChI=1S/C9H7NO4/c11-9(12)5-6-4-8(14-10-6)7-2-1-3-13-7/h1-4H,5H2,(H,11,12). The van der Waals surface area contributed by atoms with Crippen LogP contribution in [-0.2, 0) is 11.2 Å². The van der Waals surface area contributed by atoms with Crippen molar-refractivity contribution >= 4 is 5.97 Å². The van der Waals surface area contributed by atoms with Crippen molar-refractivity contribution in [3.8, 4) is 11.5 Å². The van der Waals surface area contributed by atoms with E-state index in [-0.39, 0.29) is 6.42 Å². The van der Waals surface area contributed by atoms with Crippen molar-refractivity contribution in [2.24, 2.45) is 0 Å². The first-order chi connectivity index (χ1) is 6.75. The average Bonchev–Trinajstić information content (AvgIpc) is 2.69. The summed E-state index contributed by atoms with van der Waals surface area (Å²) in [6.45, 7) is 0. The summed E-state index contributed by atoms with van der Waals surface area (Å²) in [6.07, 6.45) is 1.36. The molecule has 0 spiro atoms. The Balaban J connectivity index is 2.22. The van der Waals surface area contributed by atoms with Gasteiger partial charge in [-0.05, 0) is 12.1 Å². The van der Waals surface area contributed by atoms with Crippen LogP contribution in [-0.4, -0.2) is 16.2 Å². The zero-order valence-electron chi connectivity index (χ0n) is 7.14. The molecular weight excluding hydrogens is 186 g/mol. The summed E-state index contributed by atoms with van der Waals surface area (Å²) in [5.41, 5.74) is 0.379. The molecule has 2 heterocycles. The van der Waals surface area contributed by atoms with E-state index in [4.69, 9.17) is 14.0 Å². The van der Waals surface area contributed by atoms with Crippen molar-refractivity contribution < 1.29 is 18.8 Å². The number of hydrogen-bond acceptors (Lipinski definition) is 4. The Kier molecular flexibility index (Phi) is 2.06. The van der Waals surface area contributed by atoms with Crippen LogP contribution in [0.5, 0.6) is 0 Å². The zero-order valence-corrected chi connectivity index (χ0v) is 7.14. The van der Waals surface area contributed by atoms with Gasteiger partial charge in [-0.25, -0.2) is 0 Å². The smallest absolute Gasteiger partial charge is 0.309 e. The van der Waals surface area contributed by atoms with E-state index in [9.17, 15) is 4.79 Å². The number of nitrogens with zero attached hydrogens (tertiary/aromatic N) is 1. The van der Waals surface area contributed by atoms with Crippen LogP contribution in [0.1, 0.15) is 5.69 Å². The van der Waals surface area contributed by atoms with E-state index in [1.165, 1.54) is 6.26 Å². The molecule has 0 aliphatic rings. The van der Waals surface area contributed by atoms with Gasteiger partial charge < -0.3 is 14.0 Å². The van der Waals surface area contributed by atoms with E-state index in [1.54, 1.807) is 18.2 Å². The Bertz CT molecular complexity index is 429. The lowest BCUT2D eigenvalue weighted by molar-refractivity contribution is -0.136. The lowest BCUT2D eigenvalue weighted by Crippen LogP contribution is -1.99. The van der Waals surface area contributed by atoms with E-state index in [0.717, 1.165) is 0 Å². The van der Waals surface area contributed by atoms with E-state index in [1.807, 2.05) is 0 Å². The van der Waals surface area contributed by atoms with Crippen molar-refractivity contribution in [2.75, 3.05) is 0 Å². The normalized spacial score (nSPS) is 10.3. The minimum absolute atomic E-state index is 0.149. The molecule has 2 rings (SSSR count). The zero-order chi connectivity index (χ0) is 9.97. The Morgan fingerprint density at radius 1 is 1.50 bits per heavy atom. The van der Waals surface area contributed by atoms with Crippen molar-refractivity contribution in [3.05, 3.63) is 30.2 Å². The molecule has 1 N–H and O–H groups in total. The highest BCUT2D eigenvalue weighted by atomic mass is 16.5. The Hall–Kier alpha value is -2.04. The SMILES string of the molecule is O=C(O)Cc1cc(-c2ccco2)on1. The third-order valence-corrected chi connectivity index (χ3v) is 1.66. The molecule has 14 heavy (non-hydrogen) atoms. The lowest BCUT2D eigenvalue weighted by Gasteiger charge is -1.84. The number of carbonyl (C=O) groups is 1. The van der Waals surface area contributed by atoms with Crippen LogP contribution in [0.15, 0.2) is 33.4 Å². The molecule has 0 fully saturated rings. The molecule has 0 saturated heterocycles. The second-order valence-electron chi connectivity index (χ2n) is 2.73. The molecule has 0 atom stereocenters. The fourth-order valence-corrected chi connectivity index (χ4v) is 1.08. The third kappa shape index (κ3) is 1.66. The van der Waals surface area contributed by atoms with Crippen molar-refractivity contribution in [3.63, 3.8) is 0 Å². The molecule has 72 valence electrons. The number of carboxylic acid groups (broad SMARTS) is 1. The molecule has 0 aromatic carbocycles. The summed E-state index contributed by atoms with van der Waals surface area (Å²) in [4.78, 5) is 10.4. The Labute approximate surface area is 78.9 Å². The fraction of sp³-hybridized carbons (Fsp3) is 0.111. The van der Waals surface area contributed by atoms with Gasteiger partial charge in [0.05, 0.1) is 18.4 Å². The summed E-state index contributed by atoms with van der Waals surface area (Å²) in [5.74, 6) is 0.0321. The first-order valence-electron chi connectivity index (χ1n) is 3.97. The third-order valence-electron chi connectivity index (χ3n) is 1.66. The molecule has 0 amide bonds. The van der Waals surface area contributed by atoms with Crippen LogP contribution < -0.4 is 0 Å². The van der Waals surface area contributed by atoms with Gasteiger partial charge in [-0.1, -0.05) is 5.16 Å². The summed E-state index contributed by atoms with van der Waals surface area (Å²) in [7, 11) is 0. The van der Waals surface area contributed by atoms with Gasteiger partial charge in [0.2, 0.25) is 5.76 Å². The van der Waals surface area contributed by atoms with Gasteiger partial charge in [0.1, 0.15) is 0 Å². The van der Waals surface area contributed by atoms with Gasteiger partial charge in [0.25, 0.3) is 0 Å². The quantitative estimate of drug-likeness (QED) is 0.800. The molecule has 0 bridgehead atoms. The largest absolute Gasteiger partial charge is 0.481 e. The maximum atomic E-state index is 10.4. The number of carboxylic acids is 1. The van der Waals surface area contributed by atoms with Crippen LogP contribution in [0.2, 0.25) is 0 Å². The molecule has 5 nitrogen and oxygen atoms in total. The van der Waals surface area contributed by atoms with Gasteiger partial charge in [0, 0.05) is 6.07 Å². The van der Waals surface area contributed by atoms with Crippen molar-refractivity contribution in [2.45, 2.75) is 6.42 Å². The van der Waals surface area contributed by atoms with Crippen molar-refractivity contribution in [1.82, 2.24) is 5.16 Å². The van der Waals surface area contributed by atoms with Gasteiger partial charge in [-0.2, -0.15) is 0 Å². The lowest BCUT2D eigenvalue weighted by atomic mass is 10.2. The molecule has 0 aliphatic carbocycles. The summed E-state index contributed by atoms with van der Waals surface area (Å²) < 4.78 is 9.96. The summed E-state index contributed by atoms with van der Waals surface area (Å²) >= 11 is 0. The fourth-order valence-electron chi connectivity index (χ4n) is 1.08. The van der Waals surface area contributed by atoms with Crippen LogP contribution in [0.3, 0.4) is 0 Å². The maximum absolute atomic E-state index is 10.4. The molecule has 0 saturated carbocycles. The van der Waals surface area contributed by atoms with E-state index < -0.39 is 5.97 Å². The Morgan fingerprint density at radius 3 is 3.00 bits per heavy atom. The van der Waals surface area contributed by atoms with Crippen LogP contribution in [0.25, 0.3) is 11.5 Å².